The fourth-order valence-electron chi connectivity index (χ4n) is 7.44. The fraction of sp³-hybridized carbons (Fsp3) is 0.0612. The molecule has 238 valence electrons. The second-order valence-corrected chi connectivity index (χ2v) is 13.1. The van der Waals surface area contributed by atoms with E-state index in [1.807, 2.05) is 109 Å². The van der Waals surface area contributed by atoms with Gasteiger partial charge in [-0.15, -0.1) is 0 Å². The van der Waals surface area contributed by atoms with Crippen LogP contribution < -0.4 is 4.90 Å². The van der Waals surface area contributed by atoms with Gasteiger partial charge in [0.05, 0.1) is 11.0 Å². The normalized spacial score (nSPS) is 15.0. The summed E-state index contributed by atoms with van der Waals surface area (Å²) in [6.45, 7) is 4.22. The molecule has 1 aliphatic carbocycles. The van der Waals surface area contributed by atoms with E-state index in [0.29, 0.717) is 16.8 Å². The topological polar surface area (TPSA) is 3.24 Å². The van der Waals surface area contributed by atoms with E-state index < -0.39 is 17.5 Å². The summed E-state index contributed by atoms with van der Waals surface area (Å²) >= 11 is 0. The van der Waals surface area contributed by atoms with Crippen LogP contribution >= 0.6 is 0 Å². The second-order valence-electron chi connectivity index (χ2n) is 13.1. The summed E-state index contributed by atoms with van der Waals surface area (Å²) in [5.41, 5.74) is 6.97. The molecular formula is C49H37N. The molecule has 0 aliphatic heterocycles. The number of nitrogens with zero attached hydrogens (tertiary/aromatic N) is 1. The molecule has 1 aliphatic rings. The Balaban J connectivity index is 1.32. The number of hydrogen-bond acceptors (Lipinski definition) is 1. The van der Waals surface area contributed by atoms with Crippen molar-refractivity contribution in [3.05, 3.63) is 199 Å². The maximum absolute atomic E-state index is 9.78. The number of anilines is 3. The minimum Gasteiger partial charge on any atom is -0.310 e. The van der Waals surface area contributed by atoms with Crippen molar-refractivity contribution in [3.63, 3.8) is 0 Å². The van der Waals surface area contributed by atoms with Gasteiger partial charge in [0.15, 0.2) is 0 Å². The Labute approximate surface area is 306 Å². The molecule has 0 heterocycles. The van der Waals surface area contributed by atoms with Crippen molar-refractivity contribution in [3.8, 4) is 44.5 Å². The highest BCUT2D eigenvalue weighted by Gasteiger charge is 2.37. The molecular weight excluding hydrogens is 603 g/mol. The first-order chi connectivity index (χ1) is 27.9. The first kappa shape index (κ1) is 22.5. The molecule has 0 spiro atoms. The molecule has 8 aromatic rings. The van der Waals surface area contributed by atoms with Gasteiger partial charge in [-0.25, -0.2) is 0 Å². The third kappa shape index (κ3) is 5.02. The zero-order valence-corrected chi connectivity index (χ0v) is 27.7. The van der Waals surface area contributed by atoms with Gasteiger partial charge >= 0.3 is 0 Å². The van der Waals surface area contributed by atoms with Crippen molar-refractivity contribution >= 4 is 27.8 Å². The van der Waals surface area contributed by atoms with Crippen LogP contribution in [0.15, 0.2) is 188 Å². The van der Waals surface area contributed by atoms with Gasteiger partial charge in [0.2, 0.25) is 0 Å². The van der Waals surface area contributed by atoms with E-state index in [1.54, 1.807) is 18.2 Å². The minimum absolute atomic E-state index is 0.123. The molecule has 8 aromatic carbocycles. The van der Waals surface area contributed by atoms with Crippen LogP contribution in [-0.2, 0) is 5.41 Å². The van der Waals surface area contributed by atoms with Gasteiger partial charge in [-0.2, -0.15) is 0 Å². The van der Waals surface area contributed by atoms with E-state index in [9.17, 15) is 8.22 Å². The largest absolute Gasteiger partial charge is 0.310 e. The van der Waals surface area contributed by atoms with Crippen molar-refractivity contribution in [1.29, 1.82) is 0 Å². The summed E-state index contributed by atoms with van der Waals surface area (Å²) in [5, 5.41) is 1.65. The molecule has 0 saturated carbocycles. The quantitative estimate of drug-likeness (QED) is 0.174. The summed E-state index contributed by atoms with van der Waals surface area (Å²) < 4.78 is 75.9. The average Bonchev–Trinajstić information content (AvgIpc) is 3.48. The number of fused-ring (bicyclic) bond motifs is 4. The van der Waals surface area contributed by atoms with Crippen molar-refractivity contribution < 1.29 is 11.0 Å². The summed E-state index contributed by atoms with van der Waals surface area (Å²) in [6.07, 6.45) is 0. The summed E-state index contributed by atoms with van der Waals surface area (Å²) in [5.74, 6) is 0. The lowest BCUT2D eigenvalue weighted by atomic mass is 9.79. The third-order valence-corrected chi connectivity index (χ3v) is 9.81. The molecule has 0 radical (unpaired) electrons. The lowest BCUT2D eigenvalue weighted by molar-refractivity contribution is 0.662. The van der Waals surface area contributed by atoms with Crippen molar-refractivity contribution in [2.45, 2.75) is 19.3 Å². The van der Waals surface area contributed by atoms with Gasteiger partial charge in [0.25, 0.3) is 0 Å². The van der Waals surface area contributed by atoms with E-state index in [0.717, 1.165) is 44.2 Å². The molecule has 0 N–H and O–H groups in total. The predicted octanol–water partition coefficient (Wildman–Crippen LogP) is 13.6. The molecule has 0 aromatic heterocycles. The number of benzene rings is 8. The molecule has 0 unspecified atom stereocenters. The van der Waals surface area contributed by atoms with Gasteiger partial charge < -0.3 is 4.90 Å². The lowest BCUT2D eigenvalue weighted by Crippen LogP contribution is -2.16. The van der Waals surface area contributed by atoms with Crippen LogP contribution in [-0.4, -0.2) is 0 Å². The molecule has 1 heteroatoms. The highest BCUT2D eigenvalue weighted by atomic mass is 15.1. The van der Waals surface area contributed by atoms with Crippen LogP contribution in [0.4, 0.5) is 17.1 Å². The lowest BCUT2D eigenvalue weighted by Gasteiger charge is -2.27. The van der Waals surface area contributed by atoms with Crippen LogP contribution in [0.25, 0.3) is 55.3 Å². The molecule has 0 bridgehead atoms. The molecule has 0 saturated heterocycles. The smallest absolute Gasteiger partial charge is 0.0651 e. The van der Waals surface area contributed by atoms with Crippen molar-refractivity contribution in [2.24, 2.45) is 0 Å². The predicted molar refractivity (Wildman–Crippen MR) is 213 cm³/mol. The van der Waals surface area contributed by atoms with Crippen molar-refractivity contribution in [1.82, 2.24) is 0 Å². The molecule has 1 nitrogen and oxygen atoms in total. The first-order valence-corrected chi connectivity index (χ1v) is 16.8. The Hall–Kier alpha value is -6.18. The SMILES string of the molecule is [2H]c1c([2H])c(-c2cccc3ccccc23)c([2H])c(N(c2ccc(-c3ccccc3)cc2)c2c([2H])c([2H])c(-c3cccc4c3C(C)(C)c3ccccc3-4)c([2H])c2[2H])c1[2H]. The standard InChI is InChI=1S/C49H37N/c1-49(2)47-24-9-8-20-45(47)46-23-12-22-44(48(46)49)37-27-31-40(32-28-37)50(39-29-25-35(26-30-39)34-13-4-3-5-14-34)41-18-10-17-38(33-41)43-21-11-16-36-15-6-7-19-42(36)43/h3-33H,1-2H3/i10D,17D,18D,27D,28D,31D,32D,33D. The van der Waals surface area contributed by atoms with Gasteiger partial charge in [0, 0.05) is 22.5 Å². The molecule has 50 heavy (non-hydrogen) atoms. The summed E-state index contributed by atoms with van der Waals surface area (Å²) in [6, 6.07) is 41.5. The van der Waals surface area contributed by atoms with E-state index in [4.69, 9.17) is 2.74 Å². The number of hydrogen-bond donors (Lipinski definition) is 0. The monoisotopic (exact) mass is 647 g/mol. The van der Waals surface area contributed by atoms with Crippen LogP contribution in [0.2, 0.25) is 0 Å². The Morgan fingerprint density at radius 1 is 0.440 bits per heavy atom. The highest BCUT2D eigenvalue weighted by molar-refractivity contribution is 5.97. The minimum atomic E-state index is -0.488. The Bertz CT molecular complexity index is 2920. The van der Waals surface area contributed by atoms with Crippen molar-refractivity contribution in [2.75, 3.05) is 4.90 Å². The zero-order valence-electron chi connectivity index (χ0n) is 35.7. The van der Waals surface area contributed by atoms with Crippen LogP contribution in [0, 0.1) is 0 Å². The van der Waals surface area contributed by atoms with E-state index in [-0.39, 0.29) is 58.8 Å². The highest BCUT2D eigenvalue weighted by Crippen LogP contribution is 2.52. The maximum Gasteiger partial charge on any atom is 0.0651 e. The van der Waals surface area contributed by atoms with Crippen LogP contribution in [0.3, 0.4) is 0 Å². The average molecular weight is 648 g/mol. The van der Waals surface area contributed by atoms with Gasteiger partial charge in [0.1, 0.15) is 0 Å². The van der Waals surface area contributed by atoms with Gasteiger partial charge in [-0.05, 0) is 103 Å². The molecule has 0 fully saturated rings. The maximum atomic E-state index is 9.78. The second kappa shape index (κ2) is 12.1. The third-order valence-electron chi connectivity index (χ3n) is 9.81. The van der Waals surface area contributed by atoms with Crippen LogP contribution in [0.1, 0.15) is 35.9 Å². The number of rotatable bonds is 6. The van der Waals surface area contributed by atoms with Gasteiger partial charge in [-0.1, -0.05) is 165 Å². The van der Waals surface area contributed by atoms with Crippen LogP contribution in [0.5, 0.6) is 0 Å². The van der Waals surface area contributed by atoms with Gasteiger partial charge in [-0.3, -0.25) is 0 Å². The first-order valence-electron chi connectivity index (χ1n) is 20.8. The fourth-order valence-corrected chi connectivity index (χ4v) is 7.44. The Morgan fingerprint density at radius 2 is 1.08 bits per heavy atom. The Morgan fingerprint density at radius 3 is 1.92 bits per heavy atom. The zero-order chi connectivity index (χ0) is 40.6. The van der Waals surface area contributed by atoms with E-state index in [1.165, 1.54) is 4.90 Å². The van der Waals surface area contributed by atoms with E-state index >= 15 is 0 Å². The Kier molecular flexibility index (Phi) is 5.41. The summed E-state index contributed by atoms with van der Waals surface area (Å²) in [7, 11) is 0. The van der Waals surface area contributed by atoms with E-state index in [2.05, 4.69) is 26.0 Å². The molecule has 0 atom stereocenters. The molecule has 9 rings (SSSR count). The summed E-state index contributed by atoms with van der Waals surface area (Å²) in [4.78, 5) is 1.41. The molecule has 0 amide bonds.